The van der Waals surface area contributed by atoms with Gasteiger partial charge in [0.05, 0.1) is 11.4 Å². The molecule has 0 fully saturated rings. The lowest BCUT2D eigenvalue weighted by Crippen LogP contribution is -2.23. The van der Waals surface area contributed by atoms with Gasteiger partial charge in [0.1, 0.15) is 0 Å². The summed E-state index contributed by atoms with van der Waals surface area (Å²) in [5.74, 6) is 1.71. The molecular formula is C12H12N4. The predicted octanol–water partition coefficient (Wildman–Crippen LogP) is 2.69. The minimum absolute atomic E-state index is 0.822. The van der Waals surface area contributed by atoms with Gasteiger partial charge < -0.3 is 10.2 Å². The van der Waals surface area contributed by atoms with E-state index in [-0.39, 0.29) is 0 Å². The summed E-state index contributed by atoms with van der Waals surface area (Å²) >= 11 is 0. The van der Waals surface area contributed by atoms with Crippen molar-refractivity contribution in [1.82, 2.24) is 9.97 Å². The Morgan fingerprint density at radius 3 is 2.88 bits per heavy atom. The molecule has 0 saturated heterocycles. The minimum atomic E-state index is 0.822. The van der Waals surface area contributed by atoms with Crippen LogP contribution < -0.4 is 10.2 Å². The van der Waals surface area contributed by atoms with Crippen LogP contribution in [-0.2, 0) is 0 Å². The largest absolute Gasteiger partial charge is 0.335 e. The lowest BCUT2D eigenvalue weighted by Gasteiger charge is -2.30. The second kappa shape index (κ2) is 3.48. The fraction of sp³-hybridized carbons (Fsp3) is 0.167. The lowest BCUT2D eigenvalue weighted by molar-refractivity contribution is 0.967. The highest BCUT2D eigenvalue weighted by atomic mass is 15.3. The first-order valence-corrected chi connectivity index (χ1v) is 5.34. The Bertz CT molecular complexity index is 478. The summed E-state index contributed by atoms with van der Waals surface area (Å²) in [5, 5.41) is 3.29. The van der Waals surface area contributed by atoms with E-state index in [1.807, 2.05) is 12.1 Å². The van der Waals surface area contributed by atoms with Gasteiger partial charge in [0.2, 0.25) is 0 Å². The van der Waals surface area contributed by atoms with Gasteiger partial charge in [-0.25, -0.2) is 9.97 Å². The number of anilines is 4. The van der Waals surface area contributed by atoms with Crippen LogP contribution in [0.4, 0.5) is 23.0 Å². The number of nitrogens with one attached hydrogen (secondary N) is 1. The molecule has 1 aromatic heterocycles. The van der Waals surface area contributed by atoms with E-state index < -0.39 is 0 Å². The molecule has 0 aliphatic carbocycles. The average molecular weight is 212 g/mol. The van der Waals surface area contributed by atoms with Crippen LogP contribution in [0.3, 0.4) is 0 Å². The van der Waals surface area contributed by atoms with Crippen molar-refractivity contribution < 1.29 is 0 Å². The zero-order valence-electron chi connectivity index (χ0n) is 9.01. The molecule has 0 bridgehead atoms. The van der Waals surface area contributed by atoms with Gasteiger partial charge in [0, 0.05) is 18.9 Å². The van der Waals surface area contributed by atoms with Gasteiger partial charge in [-0.3, -0.25) is 0 Å². The lowest BCUT2D eigenvalue weighted by atomic mass is 10.2. The van der Waals surface area contributed by atoms with Crippen LogP contribution in [0.1, 0.15) is 6.92 Å². The SMILES string of the molecule is CCN1c2ccccc2Nc2nccnc21. The van der Waals surface area contributed by atoms with Crippen molar-refractivity contribution in [3.05, 3.63) is 36.7 Å². The van der Waals surface area contributed by atoms with Crippen LogP contribution in [0, 0.1) is 0 Å². The number of hydrogen-bond donors (Lipinski definition) is 1. The van der Waals surface area contributed by atoms with Crippen LogP contribution in [0.5, 0.6) is 0 Å². The van der Waals surface area contributed by atoms with E-state index >= 15 is 0 Å². The fourth-order valence-corrected chi connectivity index (χ4v) is 1.99. The zero-order valence-corrected chi connectivity index (χ0v) is 9.01. The summed E-state index contributed by atoms with van der Waals surface area (Å²) in [6.45, 7) is 2.99. The smallest absolute Gasteiger partial charge is 0.176 e. The number of nitrogens with zero attached hydrogens (tertiary/aromatic N) is 3. The third-order valence-electron chi connectivity index (χ3n) is 2.70. The number of fused-ring (bicyclic) bond motifs is 2. The zero-order chi connectivity index (χ0) is 11.0. The maximum atomic E-state index is 4.37. The fourth-order valence-electron chi connectivity index (χ4n) is 1.99. The first kappa shape index (κ1) is 9.15. The first-order valence-electron chi connectivity index (χ1n) is 5.34. The molecule has 4 nitrogen and oxygen atoms in total. The summed E-state index contributed by atoms with van der Waals surface area (Å²) in [6, 6.07) is 8.19. The van der Waals surface area contributed by atoms with Crippen molar-refractivity contribution in [2.75, 3.05) is 16.8 Å². The van der Waals surface area contributed by atoms with E-state index in [9.17, 15) is 0 Å². The molecule has 2 heterocycles. The van der Waals surface area contributed by atoms with Gasteiger partial charge in [-0.2, -0.15) is 0 Å². The van der Waals surface area contributed by atoms with E-state index in [0.717, 1.165) is 29.6 Å². The van der Waals surface area contributed by atoms with Crippen LogP contribution >= 0.6 is 0 Å². The molecule has 0 radical (unpaired) electrons. The Labute approximate surface area is 94.0 Å². The Morgan fingerprint density at radius 1 is 1.19 bits per heavy atom. The first-order chi connectivity index (χ1) is 7.90. The van der Waals surface area contributed by atoms with Crippen molar-refractivity contribution in [3.63, 3.8) is 0 Å². The van der Waals surface area contributed by atoms with Crippen LogP contribution in [0.25, 0.3) is 0 Å². The molecule has 1 aliphatic heterocycles. The number of benzene rings is 1. The Balaban J connectivity index is 2.19. The summed E-state index contributed by atoms with van der Waals surface area (Å²) in [7, 11) is 0. The molecule has 1 N–H and O–H groups in total. The summed E-state index contributed by atoms with van der Waals surface area (Å²) in [5.41, 5.74) is 2.23. The molecule has 16 heavy (non-hydrogen) atoms. The molecule has 4 heteroatoms. The minimum Gasteiger partial charge on any atom is -0.335 e. The normalized spacial score (nSPS) is 12.7. The van der Waals surface area contributed by atoms with Gasteiger partial charge in [-0.15, -0.1) is 0 Å². The monoisotopic (exact) mass is 212 g/mol. The molecule has 0 atom stereocenters. The standard InChI is InChI=1S/C12H12N4/c1-2-16-10-6-4-3-5-9(10)15-11-12(16)14-8-7-13-11/h3-8H,2H2,1H3,(H,13,15). The second-order valence-electron chi connectivity index (χ2n) is 3.61. The third-order valence-corrected chi connectivity index (χ3v) is 2.70. The van der Waals surface area contributed by atoms with Crippen molar-refractivity contribution in [2.45, 2.75) is 6.92 Å². The quantitative estimate of drug-likeness (QED) is 0.789. The number of para-hydroxylation sites is 2. The van der Waals surface area contributed by atoms with Crippen LogP contribution in [0.15, 0.2) is 36.7 Å². The third kappa shape index (κ3) is 1.23. The Morgan fingerprint density at radius 2 is 2.00 bits per heavy atom. The van der Waals surface area contributed by atoms with Gasteiger partial charge >= 0.3 is 0 Å². The molecule has 1 aliphatic rings. The topological polar surface area (TPSA) is 41.0 Å². The number of aromatic nitrogens is 2. The maximum absolute atomic E-state index is 4.37. The van der Waals surface area contributed by atoms with E-state index in [2.05, 4.69) is 39.2 Å². The maximum Gasteiger partial charge on any atom is 0.176 e. The molecule has 0 saturated carbocycles. The molecule has 1 aromatic carbocycles. The van der Waals surface area contributed by atoms with Gasteiger partial charge in [0.15, 0.2) is 11.6 Å². The van der Waals surface area contributed by atoms with Crippen molar-refractivity contribution >= 4 is 23.0 Å². The predicted molar refractivity (Wildman–Crippen MR) is 64.4 cm³/mol. The molecule has 0 unspecified atom stereocenters. The number of hydrogen-bond acceptors (Lipinski definition) is 4. The second-order valence-corrected chi connectivity index (χ2v) is 3.61. The van der Waals surface area contributed by atoms with Gasteiger partial charge in [-0.05, 0) is 19.1 Å². The molecular weight excluding hydrogens is 200 g/mol. The summed E-state index contributed by atoms with van der Waals surface area (Å²) in [6.07, 6.45) is 3.42. The van der Waals surface area contributed by atoms with Crippen molar-refractivity contribution in [1.29, 1.82) is 0 Å². The highest BCUT2D eigenvalue weighted by Crippen LogP contribution is 2.40. The van der Waals surface area contributed by atoms with Gasteiger partial charge in [0.25, 0.3) is 0 Å². The summed E-state index contributed by atoms with van der Waals surface area (Å²) < 4.78 is 0. The molecule has 0 spiro atoms. The van der Waals surface area contributed by atoms with Crippen LogP contribution in [-0.4, -0.2) is 16.5 Å². The highest BCUT2D eigenvalue weighted by Gasteiger charge is 2.22. The van der Waals surface area contributed by atoms with E-state index in [1.54, 1.807) is 12.4 Å². The molecule has 2 aromatic rings. The molecule has 80 valence electrons. The van der Waals surface area contributed by atoms with Crippen LogP contribution in [0.2, 0.25) is 0 Å². The Kier molecular flexibility index (Phi) is 1.99. The van der Waals surface area contributed by atoms with Gasteiger partial charge in [-0.1, -0.05) is 12.1 Å². The summed E-state index contributed by atoms with van der Waals surface area (Å²) in [4.78, 5) is 10.8. The van der Waals surface area contributed by atoms with E-state index in [1.165, 1.54) is 0 Å². The molecule has 3 rings (SSSR count). The highest BCUT2D eigenvalue weighted by molar-refractivity contribution is 5.87. The van der Waals surface area contributed by atoms with E-state index in [4.69, 9.17) is 0 Å². The molecule has 0 amide bonds. The average Bonchev–Trinajstić information content (AvgIpc) is 2.36. The van der Waals surface area contributed by atoms with Crippen molar-refractivity contribution in [3.8, 4) is 0 Å². The van der Waals surface area contributed by atoms with E-state index in [0.29, 0.717) is 0 Å². The number of rotatable bonds is 1. The Hall–Kier alpha value is -2.10. The van der Waals surface area contributed by atoms with Crippen molar-refractivity contribution in [2.24, 2.45) is 0 Å².